The first-order valence-electron chi connectivity index (χ1n) is 6.18. The number of hydrogen-bond acceptors (Lipinski definition) is 2. The Hall–Kier alpha value is -2.39. The Labute approximate surface area is 111 Å². The van der Waals surface area contributed by atoms with Gasteiger partial charge in [-0.25, -0.2) is 0 Å². The number of benzene rings is 2. The average Bonchev–Trinajstić information content (AvgIpc) is 3.18. The molecular formula is C16H14N2O. The Morgan fingerprint density at radius 2 is 1.63 bits per heavy atom. The Morgan fingerprint density at radius 1 is 1.00 bits per heavy atom. The van der Waals surface area contributed by atoms with Gasteiger partial charge in [-0.1, -0.05) is 36.4 Å². The summed E-state index contributed by atoms with van der Waals surface area (Å²) < 4.78 is 0. The van der Waals surface area contributed by atoms with Crippen LogP contribution in [0.5, 0.6) is 0 Å². The van der Waals surface area contributed by atoms with E-state index in [1.807, 2.05) is 48.5 Å². The highest BCUT2D eigenvalue weighted by Crippen LogP contribution is 2.30. The topological polar surface area (TPSA) is 55.1 Å². The monoisotopic (exact) mass is 250 g/mol. The molecule has 19 heavy (non-hydrogen) atoms. The summed E-state index contributed by atoms with van der Waals surface area (Å²) in [4.78, 5) is 12.0. The van der Waals surface area contributed by atoms with E-state index in [1.54, 1.807) is 12.1 Å². The first-order valence-corrected chi connectivity index (χ1v) is 6.18. The van der Waals surface area contributed by atoms with Crippen LogP contribution in [-0.2, 0) is 0 Å². The molecule has 1 unspecified atom stereocenters. The van der Waals surface area contributed by atoms with Crippen LogP contribution in [0.4, 0.5) is 5.69 Å². The standard InChI is InChI=1S/C16H14N2O/c17-15-10-14(15)11-6-8-13(9-7-11)18-16(19)12-4-2-1-3-5-12/h1-10,15H,17H2,(H,18,19). The number of carbonyl (C=O) groups is 1. The predicted molar refractivity (Wildman–Crippen MR) is 76.8 cm³/mol. The van der Waals surface area contributed by atoms with Crippen molar-refractivity contribution >= 4 is 17.2 Å². The Balaban J connectivity index is 1.70. The molecule has 3 rings (SSSR count). The molecule has 0 saturated carbocycles. The molecule has 1 atom stereocenters. The zero-order valence-electron chi connectivity index (χ0n) is 10.3. The second-order valence-electron chi connectivity index (χ2n) is 4.55. The van der Waals surface area contributed by atoms with Gasteiger partial charge in [-0.3, -0.25) is 4.79 Å². The highest BCUT2D eigenvalue weighted by atomic mass is 16.1. The van der Waals surface area contributed by atoms with Crippen LogP contribution in [0.2, 0.25) is 0 Å². The Morgan fingerprint density at radius 3 is 2.21 bits per heavy atom. The molecule has 0 aliphatic heterocycles. The maximum atomic E-state index is 12.0. The van der Waals surface area contributed by atoms with Crippen LogP contribution >= 0.6 is 0 Å². The summed E-state index contributed by atoms with van der Waals surface area (Å²) in [6, 6.07) is 17.0. The van der Waals surface area contributed by atoms with Crippen molar-refractivity contribution in [3.63, 3.8) is 0 Å². The second kappa shape index (κ2) is 4.71. The maximum absolute atomic E-state index is 12.0. The predicted octanol–water partition coefficient (Wildman–Crippen LogP) is 2.66. The smallest absolute Gasteiger partial charge is 0.255 e. The lowest BCUT2D eigenvalue weighted by Gasteiger charge is -2.06. The van der Waals surface area contributed by atoms with E-state index in [0.29, 0.717) is 5.56 Å². The number of nitrogens with one attached hydrogen (secondary N) is 1. The number of anilines is 1. The van der Waals surface area contributed by atoms with Gasteiger partial charge in [-0.05, 0) is 35.4 Å². The van der Waals surface area contributed by atoms with Crippen LogP contribution in [0.15, 0.2) is 60.7 Å². The number of hydrogen-bond donors (Lipinski definition) is 2. The van der Waals surface area contributed by atoms with E-state index >= 15 is 0 Å². The van der Waals surface area contributed by atoms with Crippen LogP contribution in [0.3, 0.4) is 0 Å². The third kappa shape index (κ3) is 2.56. The molecule has 0 radical (unpaired) electrons. The average molecular weight is 250 g/mol. The number of nitrogens with two attached hydrogens (primary N) is 1. The molecule has 3 heteroatoms. The lowest BCUT2D eigenvalue weighted by molar-refractivity contribution is 0.102. The molecule has 0 aromatic heterocycles. The first kappa shape index (κ1) is 11.7. The minimum Gasteiger partial charge on any atom is -0.322 e. The molecule has 3 nitrogen and oxygen atoms in total. The van der Waals surface area contributed by atoms with Gasteiger partial charge in [0.2, 0.25) is 0 Å². The van der Waals surface area contributed by atoms with Crippen molar-refractivity contribution in [2.75, 3.05) is 5.32 Å². The van der Waals surface area contributed by atoms with E-state index in [9.17, 15) is 4.79 Å². The molecule has 0 spiro atoms. The molecule has 1 amide bonds. The molecule has 94 valence electrons. The summed E-state index contributed by atoms with van der Waals surface area (Å²) in [5.74, 6) is -0.101. The summed E-state index contributed by atoms with van der Waals surface area (Å²) in [5.41, 5.74) is 9.45. The highest BCUT2D eigenvalue weighted by Gasteiger charge is 2.20. The second-order valence-corrected chi connectivity index (χ2v) is 4.55. The van der Waals surface area contributed by atoms with Crippen LogP contribution in [0.1, 0.15) is 15.9 Å². The molecule has 0 fully saturated rings. The van der Waals surface area contributed by atoms with E-state index < -0.39 is 0 Å². The number of rotatable bonds is 3. The third-order valence-corrected chi connectivity index (χ3v) is 3.12. The van der Waals surface area contributed by atoms with Crippen molar-refractivity contribution in [1.29, 1.82) is 0 Å². The highest BCUT2D eigenvalue weighted by molar-refractivity contribution is 6.04. The molecule has 1 aliphatic carbocycles. The Kier molecular flexibility index (Phi) is 2.89. The SMILES string of the molecule is NC1C=C1c1ccc(NC(=O)c2ccccc2)cc1. The van der Waals surface area contributed by atoms with Gasteiger partial charge in [0.05, 0.1) is 0 Å². The fourth-order valence-electron chi connectivity index (χ4n) is 1.97. The minimum atomic E-state index is -0.101. The minimum absolute atomic E-state index is 0.101. The lowest BCUT2D eigenvalue weighted by atomic mass is 10.1. The maximum Gasteiger partial charge on any atom is 0.255 e. The summed E-state index contributed by atoms with van der Waals surface area (Å²) in [6.45, 7) is 0. The van der Waals surface area contributed by atoms with Crippen LogP contribution in [0.25, 0.3) is 5.57 Å². The van der Waals surface area contributed by atoms with E-state index in [2.05, 4.69) is 5.32 Å². The van der Waals surface area contributed by atoms with Gasteiger partial charge in [0.15, 0.2) is 0 Å². The summed E-state index contributed by atoms with van der Waals surface area (Å²) in [7, 11) is 0. The van der Waals surface area contributed by atoms with E-state index in [4.69, 9.17) is 5.73 Å². The van der Waals surface area contributed by atoms with Gasteiger partial charge in [0.25, 0.3) is 5.91 Å². The number of carbonyl (C=O) groups excluding carboxylic acids is 1. The van der Waals surface area contributed by atoms with Crippen molar-refractivity contribution in [3.8, 4) is 0 Å². The van der Waals surface area contributed by atoms with Gasteiger partial charge in [0, 0.05) is 17.3 Å². The molecular weight excluding hydrogens is 236 g/mol. The van der Waals surface area contributed by atoms with Crippen molar-refractivity contribution in [2.45, 2.75) is 6.04 Å². The summed E-state index contributed by atoms with van der Waals surface area (Å²) in [5, 5.41) is 2.87. The first-order chi connectivity index (χ1) is 9.24. The Bertz CT molecular complexity index is 630. The third-order valence-electron chi connectivity index (χ3n) is 3.12. The van der Waals surface area contributed by atoms with Crippen LogP contribution in [0, 0.1) is 0 Å². The molecule has 3 N–H and O–H groups in total. The molecule has 2 aromatic carbocycles. The van der Waals surface area contributed by atoms with Gasteiger partial charge >= 0.3 is 0 Å². The van der Waals surface area contributed by atoms with Crippen LogP contribution in [-0.4, -0.2) is 11.9 Å². The van der Waals surface area contributed by atoms with Crippen molar-refractivity contribution in [1.82, 2.24) is 0 Å². The zero-order valence-corrected chi connectivity index (χ0v) is 10.3. The molecule has 1 aliphatic rings. The molecule has 2 aromatic rings. The van der Waals surface area contributed by atoms with Crippen LogP contribution < -0.4 is 11.1 Å². The fraction of sp³-hybridized carbons (Fsp3) is 0.0625. The van der Waals surface area contributed by atoms with E-state index in [-0.39, 0.29) is 11.9 Å². The van der Waals surface area contributed by atoms with Gasteiger partial charge in [-0.15, -0.1) is 0 Å². The van der Waals surface area contributed by atoms with E-state index in [0.717, 1.165) is 11.3 Å². The van der Waals surface area contributed by atoms with Gasteiger partial charge in [-0.2, -0.15) is 0 Å². The molecule has 0 heterocycles. The summed E-state index contributed by atoms with van der Waals surface area (Å²) in [6.07, 6.45) is 2.01. The summed E-state index contributed by atoms with van der Waals surface area (Å²) >= 11 is 0. The van der Waals surface area contributed by atoms with Crippen molar-refractivity contribution in [3.05, 3.63) is 71.8 Å². The normalized spacial score (nSPS) is 16.7. The van der Waals surface area contributed by atoms with Crippen molar-refractivity contribution in [2.24, 2.45) is 5.73 Å². The molecule has 0 bridgehead atoms. The van der Waals surface area contributed by atoms with E-state index in [1.165, 1.54) is 5.57 Å². The quantitative estimate of drug-likeness (QED) is 0.880. The van der Waals surface area contributed by atoms with Gasteiger partial charge < -0.3 is 11.1 Å². The molecule has 0 saturated heterocycles. The van der Waals surface area contributed by atoms with Gasteiger partial charge in [0.1, 0.15) is 0 Å². The number of amides is 1. The fourth-order valence-corrected chi connectivity index (χ4v) is 1.97. The van der Waals surface area contributed by atoms with Crippen molar-refractivity contribution < 1.29 is 4.79 Å². The largest absolute Gasteiger partial charge is 0.322 e. The zero-order chi connectivity index (χ0) is 13.2. The lowest BCUT2D eigenvalue weighted by Crippen LogP contribution is -2.11.